The Hall–Kier alpha value is -2.34. The molecule has 4 aliphatic rings. The Morgan fingerprint density at radius 3 is 1.58 bits per heavy atom. The molecule has 1 saturated heterocycles. The summed E-state index contributed by atoms with van der Waals surface area (Å²) in [6, 6.07) is 20.4. The molecule has 2 nitrogen and oxygen atoms in total. The fraction of sp³-hybridized carbons (Fsp3) is 0.532. The van der Waals surface area contributed by atoms with E-state index in [1.54, 1.807) is 0 Å². The molecule has 1 heterocycles. The topological polar surface area (TPSA) is 6.48 Å². The number of benzene rings is 3. The Morgan fingerprint density at radius 1 is 0.654 bits per heavy atom. The number of halogens is 2. The Balaban J connectivity index is 1.60. The van der Waals surface area contributed by atoms with E-state index in [4.69, 9.17) is 23.2 Å². The van der Waals surface area contributed by atoms with E-state index >= 15 is 0 Å². The SMILES string of the molecule is Cc1cc(C)c(N2CCN(c3c(C)cc(C)cc3C)C2=C2C(Cl)CCCC2(Cl)P(=C=Cc2ccccc2)(C2CCCCC2)C2CCCCC2)c(C)c1. The number of anilines is 2. The molecule has 2 atom stereocenters. The van der Waals surface area contributed by atoms with Crippen LogP contribution in [0.15, 0.2) is 66.0 Å². The van der Waals surface area contributed by atoms with E-state index in [9.17, 15) is 0 Å². The number of rotatable bonds is 6. The van der Waals surface area contributed by atoms with Gasteiger partial charge in [0.25, 0.3) is 0 Å². The molecular weight excluding hydrogens is 694 g/mol. The molecule has 7 rings (SSSR count). The van der Waals surface area contributed by atoms with Crippen molar-refractivity contribution in [3.63, 3.8) is 0 Å². The van der Waals surface area contributed by atoms with E-state index in [2.05, 4.69) is 117 Å². The highest BCUT2D eigenvalue weighted by atomic mass is 35.5. The third-order valence-corrected chi connectivity index (χ3v) is 20.1. The number of hydrogen-bond acceptors (Lipinski definition) is 2. The van der Waals surface area contributed by atoms with Gasteiger partial charge in [-0.3, -0.25) is 0 Å². The van der Waals surface area contributed by atoms with E-state index < -0.39 is 11.5 Å². The lowest BCUT2D eigenvalue weighted by Gasteiger charge is -2.55. The first kappa shape index (κ1) is 38.0. The quantitative estimate of drug-likeness (QED) is 0.183. The summed E-state index contributed by atoms with van der Waals surface area (Å²) in [5.41, 5.74) is 18.8. The van der Waals surface area contributed by atoms with Gasteiger partial charge in [0.2, 0.25) is 0 Å². The molecule has 5 heteroatoms. The van der Waals surface area contributed by atoms with Crippen LogP contribution in [0.1, 0.15) is 122 Å². The molecule has 0 amide bonds. The molecule has 3 aromatic carbocycles. The predicted octanol–water partition coefficient (Wildman–Crippen LogP) is 13.6. The van der Waals surface area contributed by atoms with Crippen molar-refractivity contribution in [3.8, 4) is 0 Å². The van der Waals surface area contributed by atoms with Gasteiger partial charge in [0.15, 0.2) is 0 Å². The van der Waals surface area contributed by atoms with Crippen LogP contribution in [0, 0.1) is 41.5 Å². The fourth-order valence-corrected chi connectivity index (χ4v) is 19.3. The number of nitrogens with zero attached hydrogens (tertiary/aromatic N) is 2. The van der Waals surface area contributed by atoms with Gasteiger partial charge in [0, 0.05) is 30.0 Å². The molecule has 52 heavy (non-hydrogen) atoms. The molecule has 0 bridgehead atoms. The summed E-state index contributed by atoms with van der Waals surface area (Å²) < 4.78 is -0.567. The van der Waals surface area contributed by atoms with Crippen LogP contribution in [0.2, 0.25) is 0 Å². The van der Waals surface area contributed by atoms with Gasteiger partial charge < -0.3 is 9.80 Å². The van der Waals surface area contributed by atoms with Gasteiger partial charge in [0.05, 0.1) is 9.99 Å². The molecule has 1 aliphatic heterocycles. The summed E-state index contributed by atoms with van der Waals surface area (Å²) in [5.74, 6) is 1.28. The van der Waals surface area contributed by atoms with Crippen molar-refractivity contribution in [1.29, 1.82) is 0 Å². The lowest BCUT2D eigenvalue weighted by atomic mass is 9.91. The maximum absolute atomic E-state index is 8.96. The van der Waals surface area contributed by atoms with Crippen molar-refractivity contribution in [2.45, 2.75) is 146 Å². The van der Waals surface area contributed by atoms with Crippen LogP contribution in [0.5, 0.6) is 0 Å². The minimum absolute atomic E-state index is 0.133. The maximum atomic E-state index is 8.96. The second kappa shape index (κ2) is 15.8. The summed E-state index contributed by atoms with van der Waals surface area (Å²) >= 11 is 16.9. The van der Waals surface area contributed by atoms with Gasteiger partial charge in [-0.05, 0) is 139 Å². The van der Waals surface area contributed by atoms with Crippen molar-refractivity contribution in [2.24, 2.45) is 0 Å². The Labute approximate surface area is 325 Å². The van der Waals surface area contributed by atoms with Crippen molar-refractivity contribution < 1.29 is 0 Å². The molecule has 3 saturated carbocycles. The first-order chi connectivity index (χ1) is 25.0. The number of allylic oxidation sites excluding steroid dienone is 1. The molecule has 2 unspecified atom stereocenters. The van der Waals surface area contributed by atoms with Gasteiger partial charge in [-0.1, -0.05) is 104 Å². The fourth-order valence-electron chi connectivity index (χ4n) is 11.1. The average molecular weight is 756 g/mol. The monoisotopic (exact) mass is 754 g/mol. The normalized spacial score (nSPS) is 23.7. The maximum Gasteiger partial charge on any atom is 0.116 e. The molecule has 3 aliphatic carbocycles. The van der Waals surface area contributed by atoms with E-state index in [1.165, 1.54) is 126 Å². The molecule has 4 fully saturated rings. The van der Waals surface area contributed by atoms with Crippen molar-refractivity contribution in [1.82, 2.24) is 0 Å². The van der Waals surface area contributed by atoms with Crippen molar-refractivity contribution in [3.05, 3.63) is 105 Å². The van der Waals surface area contributed by atoms with Crippen LogP contribution >= 0.6 is 30.1 Å². The minimum Gasteiger partial charge on any atom is -0.325 e. The van der Waals surface area contributed by atoms with Crippen LogP contribution in [-0.2, 0) is 0 Å². The summed E-state index contributed by atoms with van der Waals surface area (Å²) in [4.78, 5) is 5.32. The second-order valence-electron chi connectivity index (χ2n) is 16.7. The molecule has 0 spiro atoms. The standard InChI is InChI=1S/C47H61Cl2N2P/c1-33-29-35(3)44(36(4)30-33)50-26-27-51(45-37(5)31-34(2)32-38(45)6)46(50)43-42(48)23-16-25-47(43,49)52(40-19-12-8-13-20-40,41-21-14-9-15-22-41)28-24-39-17-10-7-11-18-39/h7,10-11,17-18,24,29-32,40-42H,8-9,12-16,19-23,25-27H2,1-6H3. The summed E-state index contributed by atoms with van der Waals surface area (Å²) in [6.45, 7) is 13.3. The van der Waals surface area contributed by atoms with Crippen LogP contribution in [0.25, 0.3) is 6.08 Å². The number of hydrogen-bond donors (Lipinski definition) is 0. The van der Waals surface area contributed by atoms with E-state index in [1.807, 2.05) is 0 Å². The lowest BCUT2D eigenvalue weighted by Crippen LogP contribution is -2.45. The molecule has 278 valence electrons. The highest BCUT2D eigenvalue weighted by Gasteiger charge is 2.57. The third kappa shape index (κ3) is 6.90. The van der Waals surface area contributed by atoms with Crippen LogP contribution in [0.4, 0.5) is 11.4 Å². The molecule has 0 N–H and O–H groups in total. The highest BCUT2D eigenvalue weighted by Crippen LogP contribution is 2.77. The van der Waals surface area contributed by atoms with Crippen LogP contribution in [-0.4, -0.2) is 39.9 Å². The zero-order valence-electron chi connectivity index (χ0n) is 32.7. The third-order valence-electron chi connectivity index (χ3n) is 12.9. The Kier molecular flexibility index (Phi) is 11.5. The highest BCUT2D eigenvalue weighted by molar-refractivity contribution is 7.79. The smallest absolute Gasteiger partial charge is 0.116 e. The largest absolute Gasteiger partial charge is 0.325 e. The van der Waals surface area contributed by atoms with Gasteiger partial charge in [-0.25, -0.2) is 0 Å². The van der Waals surface area contributed by atoms with E-state index in [0.29, 0.717) is 11.3 Å². The summed E-state index contributed by atoms with van der Waals surface area (Å²) in [7, 11) is 0. The molecule has 3 aromatic rings. The molecule has 0 radical (unpaired) electrons. The van der Waals surface area contributed by atoms with Gasteiger partial charge in [-0.2, -0.15) is 0 Å². The summed E-state index contributed by atoms with van der Waals surface area (Å²) in [5, 5.41) is -0.133. The Morgan fingerprint density at radius 2 is 1.12 bits per heavy atom. The van der Waals surface area contributed by atoms with Crippen LogP contribution in [0.3, 0.4) is 0 Å². The second-order valence-corrected chi connectivity index (χ2v) is 22.2. The number of alkyl halides is 2. The molecular formula is C47H61Cl2N2P. The zero-order chi connectivity index (χ0) is 36.6. The average Bonchev–Trinajstić information content (AvgIpc) is 3.52. The van der Waals surface area contributed by atoms with Gasteiger partial charge >= 0.3 is 0 Å². The first-order valence-corrected chi connectivity index (χ1v) is 23.1. The Bertz CT molecular complexity index is 1760. The zero-order valence-corrected chi connectivity index (χ0v) is 35.1. The van der Waals surface area contributed by atoms with Gasteiger partial charge in [-0.15, -0.1) is 28.7 Å². The predicted molar refractivity (Wildman–Crippen MR) is 232 cm³/mol. The van der Waals surface area contributed by atoms with E-state index in [0.717, 1.165) is 32.4 Å². The van der Waals surface area contributed by atoms with E-state index in [-0.39, 0.29) is 5.38 Å². The molecule has 0 aromatic heterocycles. The van der Waals surface area contributed by atoms with Gasteiger partial charge in [0.1, 0.15) is 5.82 Å². The summed E-state index contributed by atoms with van der Waals surface area (Å²) in [6.07, 6.45) is 18.3. The first-order valence-electron chi connectivity index (χ1n) is 20.4. The van der Waals surface area contributed by atoms with Crippen LogP contribution < -0.4 is 9.80 Å². The number of aryl methyl sites for hydroxylation is 6. The van der Waals surface area contributed by atoms with Crippen molar-refractivity contribution in [2.75, 3.05) is 22.9 Å². The lowest BCUT2D eigenvalue weighted by molar-refractivity contribution is 0.470. The minimum atomic E-state index is -2.18. The van der Waals surface area contributed by atoms with Crippen molar-refractivity contribution >= 4 is 53.0 Å².